The number of rotatable bonds is 1. The van der Waals surface area contributed by atoms with Gasteiger partial charge in [-0.25, -0.2) is 9.97 Å². The Morgan fingerprint density at radius 2 is 2.36 bits per heavy atom. The van der Waals surface area contributed by atoms with Crippen LogP contribution in [0.3, 0.4) is 0 Å². The van der Waals surface area contributed by atoms with E-state index >= 15 is 0 Å². The molecule has 1 aromatic rings. The zero-order valence-corrected chi connectivity index (χ0v) is 9.66. The summed E-state index contributed by atoms with van der Waals surface area (Å²) in [7, 11) is 0. The van der Waals surface area contributed by atoms with E-state index in [1.165, 1.54) is 5.57 Å². The maximum atomic E-state index is 4.27. The van der Waals surface area contributed by atoms with Gasteiger partial charge in [-0.1, -0.05) is 11.6 Å². The molecule has 1 aromatic heterocycles. The molecule has 0 N–H and O–H groups in total. The van der Waals surface area contributed by atoms with Gasteiger partial charge in [-0.05, 0) is 29.3 Å². The van der Waals surface area contributed by atoms with E-state index in [-0.39, 0.29) is 0 Å². The van der Waals surface area contributed by atoms with Crippen LogP contribution in [-0.4, -0.2) is 23.1 Å². The highest BCUT2D eigenvalue weighted by atomic mass is 79.9. The average Bonchev–Trinajstić information content (AvgIpc) is 2.20. The second-order valence-corrected chi connectivity index (χ2v) is 4.30. The summed E-state index contributed by atoms with van der Waals surface area (Å²) in [6.07, 6.45) is 6.74. The molecule has 0 aromatic carbocycles. The van der Waals surface area contributed by atoms with E-state index in [0.29, 0.717) is 0 Å². The minimum atomic E-state index is 0.946. The number of nitrogens with zero attached hydrogens (tertiary/aromatic N) is 3. The van der Waals surface area contributed by atoms with Gasteiger partial charge in [0.1, 0.15) is 12.1 Å². The topological polar surface area (TPSA) is 29.0 Å². The van der Waals surface area contributed by atoms with E-state index in [2.05, 4.69) is 43.8 Å². The minimum absolute atomic E-state index is 0.946. The summed E-state index contributed by atoms with van der Waals surface area (Å²) in [6.45, 7) is 4.16. The predicted molar refractivity (Wildman–Crippen MR) is 60.3 cm³/mol. The molecule has 1 aliphatic heterocycles. The minimum Gasteiger partial charge on any atom is -0.352 e. The average molecular weight is 254 g/mol. The molecule has 0 bridgehead atoms. The Balaban J connectivity index is 2.21. The fraction of sp³-hybridized carbons (Fsp3) is 0.400. The third-order valence-corrected chi connectivity index (χ3v) is 2.94. The van der Waals surface area contributed by atoms with E-state index < -0.39 is 0 Å². The smallest absolute Gasteiger partial charge is 0.146 e. The Hall–Kier alpha value is -0.900. The van der Waals surface area contributed by atoms with Crippen LogP contribution in [0.5, 0.6) is 0 Å². The van der Waals surface area contributed by atoms with Gasteiger partial charge in [0.05, 0.1) is 4.47 Å². The van der Waals surface area contributed by atoms with Crippen molar-refractivity contribution in [2.24, 2.45) is 0 Å². The molecule has 0 spiro atoms. The van der Waals surface area contributed by atoms with E-state index in [1.807, 2.05) is 0 Å². The summed E-state index contributed by atoms with van der Waals surface area (Å²) in [4.78, 5) is 10.5. The molecular formula is C10H12BrN3. The third kappa shape index (κ3) is 1.95. The molecular weight excluding hydrogens is 242 g/mol. The Morgan fingerprint density at radius 1 is 1.50 bits per heavy atom. The van der Waals surface area contributed by atoms with Crippen LogP contribution in [0.15, 0.2) is 28.6 Å². The van der Waals surface area contributed by atoms with Crippen LogP contribution >= 0.6 is 15.9 Å². The van der Waals surface area contributed by atoms with Gasteiger partial charge < -0.3 is 4.90 Å². The second kappa shape index (κ2) is 4.09. The first kappa shape index (κ1) is 9.65. The molecule has 74 valence electrons. The van der Waals surface area contributed by atoms with E-state index in [0.717, 1.165) is 29.8 Å². The molecule has 0 saturated heterocycles. The van der Waals surface area contributed by atoms with Crippen molar-refractivity contribution in [3.8, 4) is 0 Å². The van der Waals surface area contributed by atoms with Crippen LogP contribution in [0.1, 0.15) is 13.3 Å². The van der Waals surface area contributed by atoms with Crippen molar-refractivity contribution >= 4 is 21.7 Å². The highest BCUT2D eigenvalue weighted by Gasteiger charge is 2.13. The van der Waals surface area contributed by atoms with Crippen LogP contribution < -0.4 is 4.90 Å². The monoisotopic (exact) mass is 253 g/mol. The fourth-order valence-corrected chi connectivity index (χ4v) is 1.97. The molecule has 0 radical (unpaired) electrons. The van der Waals surface area contributed by atoms with Gasteiger partial charge in [-0.2, -0.15) is 0 Å². The lowest BCUT2D eigenvalue weighted by Crippen LogP contribution is -2.29. The second-order valence-electron chi connectivity index (χ2n) is 3.44. The van der Waals surface area contributed by atoms with Crippen LogP contribution in [0, 0.1) is 0 Å². The Labute approximate surface area is 92.0 Å². The summed E-state index contributed by atoms with van der Waals surface area (Å²) in [5.41, 5.74) is 1.46. The molecule has 1 aliphatic rings. The molecule has 2 rings (SSSR count). The summed E-state index contributed by atoms with van der Waals surface area (Å²) >= 11 is 3.46. The highest BCUT2D eigenvalue weighted by molar-refractivity contribution is 9.10. The number of aromatic nitrogens is 2. The van der Waals surface area contributed by atoms with Crippen molar-refractivity contribution in [1.29, 1.82) is 0 Å². The lowest BCUT2D eigenvalue weighted by Gasteiger charge is -2.26. The van der Waals surface area contributed by atoms with Crippen LogP contribution in [0.25, 0.3) is 0 Å². The molecule has 0 unspecified atom stereocenters. The zero-order valence-electron chi connectivity index (χ0n) is 8.07. The van der Waals surface area contributed by atoms with E-state index in [9.17, 15) is 0 Å². The maximum absolute atomic E-state index is 4.27. The van der Waals surface area contributed by atoms with Gasteiger partial charge >= 0.3 is 0 Å². The summed E-state index contributed by atoms with van der Waals surface area (Å²) in [5, 5.41) is 0. The summed E-state index contributed by atoms with van der Waals surface area (Å²) in [5.74, 6) is 0.990. The van der Waals surface area contributed by atoms with Crippen molar-refractivity contribution in [2.75, 3.05) is 18.0 Å². The standard InChI is InChI=1S/C10H12BrN3/c1-8-2-4-14(5-3-8)10-9(11)6-12-7-13-10/h2,6-7H,3-5H2,1H3. The van der Waals surface area contributed by atoms with Crippen molar-refractivity contribution in [1.82, 2.24) is 9.97 Å². The Bertz CT molecular complexity index is 362. The molecule has 0 aliphatic carbocycles. The summed E-state index contributed by atoms with van der Waals surface area (Å²) in [6, 6.07) is 0. The summed E-state index contributed by atoms with van der Waals surface area (Å²) < 4.78 is 0.966. The number of halogens is 1. The van der Waals surface area contributed by atoms with E-state index in [1.54, 1.807) is 12.5 Å². The van der Waals surface area contributed by atoms with Crippen molar-refractivity contribution in [3.05, 3.63) is 28.6 Å². The molecule has 4 heteroatoms. The number of hydrogen-bond donors (Lipinski definition) is 0. The third-order valence-electron chi connectivity index (χ3n) is 2.38. The van der Waals surface area contributed by atoms with Crippen molar-refractivity contribution in [2.45, 2.75) is 13.3 Å². The first-order valence-corrected chi connectivity index (χ1v) is 5.43. The van der Waals surface area contributed by atoms with Crippen molar-refractivity contribution in [3.63, 3.8) is 0 Å². The number of hydrogen-bond acceptors (Lipinski definition) is 3. The molecule has 2 heterocycles. The maximum Gasteiger partial charge on any atom is 0.146 e. The SMILES string of the molecule is CC1=CCN(c2ncncc2Br)CC1. The molecule has 0 amide bonds. The lowest BCUT2D eigenvalue weighted by atomic mass is 10.1. The fourth-order valence-electron chi connectivity index (χ4n) is 1.50. The quantitative estimate of drug-likeness (QED) is 0.720. The molecule has 0 saturated carbocycles. The van der Waals surface area contributed by atoms with Crippen LogP contribution in [0.4, 0.5) is 5.82 Å². The highest BCUT2D eigenvalue weighted by Crippen LogP contribution is 2.24. The van der Waals surface area contributed by atoms with Crippen LogP contribution in [0.2, 0.25) is 0 Å². The van der Waals surface area contributed by atoms with Gasteiger partial charge in [0.2, 0.25) is 0 Å². The Kier molecular flexibility index (Phi) is 2.82. The normalized spacial score (nSPS) is 16.7. The largest absolute Gasteiger partial charge is 0.352 e. The number of anilines is 1. The molecule has 0 atom stereocenters. The first-order chi connectivity index (χ1) is 6.77. The van der Waals surface area contributed by atoms with Gasteiger partial charge in [0.15, 0.2) is 0 Å². The zero-order chi connectivity index (χ0) is 9.97. The van der Waals surface area contributed by atoms with Crippen LogP contribution in [-0.2, 0) is 0 Å². The molecule has 14 heavy (non-hydrogen) atoms. The van der Waals surface area contributed by atoms with Gasteiger partial charge in [-0.3, -0.25) is 0 Å². The van der Waals surface area contributed by atoms with E-state index in [4.69, 9.17) is 0 Å². The lowest BCUT2D eigenvalue weighted by molar-refractivity contribution is 0.771. The van der Waals surface area contributed by atoms with Gasteiger partial charge in [0, 0.05) is 19.3 Å². The Morgan fingerprint density at radius 3 is 3.00 bits per heavy atom. The molecule has 3 nitrogen and oxygen atoms in total. The predicted octanol–water partition coefficient (Wildman–Crippen LogP) is 2.40. The molecule has 0 fully saturated rings. The van der Waals surface area contributed by atoms with Gasteiger partial charge in [0.25, 0.3) is 0 Å². The first-order valence-electron chi connectivity index (χ1n) is 4.63. The van der Waals surface area contributed by atoms with Gasteiger partial charge in [-0.15, -0.1) is 0 Å². The van der Waals surface area contributed by atoms with Crippen molar-refractivity contribution < 1.29 is 0 Å².